The van der Waals surface area contributed by atoms with Gasteiger partial charge in [0.25, 0.3) is 0 Å². The van der Waals surface area contributed by atoms with Gasteiger partial charge in [0.05, 0.1) is 29.3 Å². The number of nitrogens with zero attached hydrogens (tertiary/aromatic N) is 2. The molecule has 1 saturated carbocycles. The SMILES string of the molecule is CCOC(=O)C1=C(C)Nc2nc3ccccc3n2C1C1CCCC1. The molecule has 1 aliphatic carbocycles. The third-order valence-corrected chi connectivity index (χ3v) is 5.21. The third-order valence-electron chi connectivity index (χ3n) is 5.21. The fraction of sp³-hybridized carbons (Fsp3) is 0.474. The number of ether oxygens (including phenoxy) is 1. The average Bonchev–Trinajstić information content (AvgIpc) is 3.21. The number of hydrogen-bond acceptors (Lipinski definition) is 4. The molecule has 0 radical (unpaired) electrons. The van der Waals surface area contributed by atoms with E-state index in [1.165, 1.54) is 12.8 Å². The highest BCUT2D eigenvalue weighted by Gasteiger charge is 2.39. The van der Waals surface area contributed by atoms with E-state index in [9.17, 15) is 4.79 Å². The minimum absolute atomic E-state index is 0.00944. The third kappa shape index (κ3) is 2.30. The Kier molecular flexibility index (Phi) is 3.79. The van der Waals surface area contributed by atoms with Crippen LogP contribution in [0.4, 0.5) is 5.95 Å². The van der Waals surface area contributed by atoms with Gasteiger partial charge in [0, 0.05) is 5.70 Å². The van der Waals surface area contributed by atoms with E-state index in [2.05, 4.69) is 16.0 Å². The van der Waals surface area contributed by atoms with Crippen LogP contribution in [0.25, 0.3) is 11.0 Å². The van der Waals surface area contributed by atoms with Gasteiger partial charge in [-0.15, -0.1) is 0 Å². The Morgan fingerprint density at radius 1 is 1.33 bits per heavy atom. The lowest BCUT2D eigenvalue weighted by atomic mass is 9.88. The van der Waals surface area contributed by atoms with Crippen molar-refractivity contribution >= 4 is 23.0 Å². The molecule has 1 aliphatic heterocycles. The summed E-state index contributed by atoms with van der Waals surface area (Å²) >= 11 is 0. The van der Waals surface area contributed by atoms with Crippen molar-refractivity contribution in [2.24, 2.45) is 5.92 Å². The summed E-state index contributed by atoms with van der Waals surface area (Å²) in [5, 5.41) is 3.32. The highest BCUT2D eigenvalue weighted by atomic mass is 16.5. The highest BCUT2D eigenvalue weighted by Crippen LogP contribution is 2.45. The second kappa shape index (κ2) is 5.96. The normalized spacial score (nSPS) is 21.0. The fourth-order valence-electron chi connectivity index (χ4n) is 4.20. The topological polar surface area (TPSA) is 56.1 Å². The monoisotopic (exact) mass is 325 g/mol. The molecule has 126 valence electrons. The maximum Gasteiger partial charge on any atom is 0.337 e. The van der Waals surface area contributed by atoms with Gasteiger partial charge in [-0.1, -0.05) is 25.0 Å². The molecule has 0 saturated heterocycles. The number of carbonyl (C=O) groups is 1. The van der Waals surface area contributed by atoms with Crippen molar-refractivity contribution < 1.29 is 9.53 Å². The Morgan fingerprint density at radius 3 is 2.83 bits per heavy atom. The summed E-state index contributed by atoms with van der Waals surface area (Å²) in [6.07, 6.45) is 4.75. The van der Waals surface area contributed by atoms with Gasteiger partial charge in [0.1, 0.15) is 0 Å². The number of imidazole rings is 1. The predicted molar refractivity (Wildman–Crippen MR) is 93.7 cm³/mol. The summed E-state index contributed by atoms with van der Waals surface area (Å²) in [5.41, 5.74) is 3.67. The van der Waals surface area contributed by atoms with E-state index >= 15 is 0 Å². The van der Waals surface area contributed by atoms with Gasteiger partial charge in [0.15, 0.2) is 0 Å². The number of hydrogen-bond donors (Lipinski definition) is 1. The Labute approximate surface area is 141 Å². The van der Waals surface area contributed by atoms with Crippen molar-refractivity contribution in [1.82, 2.24) is 9.55 Å². The number of allylic oxidation sites excluding steroid dienone is 1. The number of esters is 1. The number of nitrogens with one attached hydrogen (secondary N) is 1. The Bertz CT molecular complexity index is 815. The summed E-state index contributed by atoms with van der Waals surface area (Å²) in [6, 6.07) is 8.14. The summed E-state index contributed by atoms with van der Waals surface area (Å²) in [5.74, 6) is 1.08. The van der Waals surface area contributed by atoms with Gasteiger partial charge in [-0.05, 0) is 44.7 Å². The zero-order valence-corrected chi connectivity index (χ0v) is 14.2. The molecule has 4 rings (SSSR count). The second-order valence-electron chi connectivity index (χ2n) is 6.67. The van der Waals surface area contributed by atoms with Crippen LogP contribution in [-0.2, 0) is 9.53 Å². The molecule has 1 unspecified atom stereocenters. The van der Waals surface area contributed by atoms with Crippen LogP contribution >= 0.6 is 0 Å². The minimum Gasteiger partial charge on any atom is -0.463 e. The zero-order valence-electron chi connectivity index (χ0n) is 14.2. The van der Waals surface area contributed by atoms with E-state index < -0.39 is 0 Å². The molecule has 2 aliphatic rings. The molecular formula is C19H23N3O2. The lowest BCUT2D eigenvalue weighted by Crippen LogP contribution is -2.32. The number of anilines is 1. The molecule has 2 aromatic rings. The first kappa shape index (κ1) is 15.2. The van der Waals surface area contributed by atoms with E-state index in [1.54, 1.807) is 0 Å². The Balaban J connectivity index is 1.89. The van der Waals surface area contributed by atoms with Gasteiger partial charge in [-0.25, -0.2) is 9.78 Å². The van der Waals surface area contributed by atoms with Crippen LogP contribution in [0.3, 0.4) is 0 Å². The highest BCUT2D eigenvalue weighted by molar-refractivity contribution is 5.93. The summed E-state index contributed by atoms with van der Waals surface area (Å²) in [4.78, 5) is 17.4. The van der Waals surface area contributed by atoms with Crippen LogP contribution in [0.2, 0.25) is 0 Å². The van der Waals surface area contributed by atoms with Gasteiger partial charge < -0.3 is 14.6 Å². The van der Waals surface area contributed by atoms with Crippen molar-refractivity contribution in [2.75, 3.05) is 11.9 Å². The van der Waals surface area contributed by atoms with Crippen molar-refractivity contribution in [3.05, 3.63) is 35.5 Å². The molecule has 0 spiro atoms. The van der Waals surface area contributed by atoms with Crippen molar-refractivity contribution in [3.63, 3.8) is 0 Å². The van der Waals surface area contributed by atoms with Gasteiger partial charge in [0.2, 0.25) is 5.95 Å². The maximum absolute atomic E-state index is 12.7. The number of carbonyl (C=O) groups excluding carboxylic acids is 1. The largest absolute Gasteiger partial charge is 0.463 e. The molecule has 1 atom stereocenters. The first-order chi connectivity index (χ1) is 11.7. The predicted octanol–water partition coefficient (Wildman–Crippen LogP) is 4.03. The van der Waals surface area contributed by atoms with Gasteiger partial charge in [-0.3, -0.25) is 0 Å². The Hall–Kier alpha value is -2.30. The van der Waals surface area contributed by atoms with E-state index in [1.807, 2.05) is 32.0 Å². The average molecular weight is 325 g/mol. The van der Waals surface area contributed by atoms with E-state index in [-0.39, 0.29) is 12.0 Å². The number of para-hydroxylation sites is 2. The summed E-state index contributed by atoms with van der Waals surface area (Å²) < 4.78 is 7.59. The van der Waals surface area contributed by atoms with Gasteiger partial charge in [-0.2, -0.15) is 0 Å². The minimum atomic E-state index is -0.206. The van der Waals surface area contributed by atoms with E-state index in [0.717, 1.165) is 41.1 Å². The molecule has 0 amide bonds. The van der Waals surface area contributed by atoms with Crippen LogP contribution in [0.1, 0.15) is 45.6 Å². The van der Waals surface area contributed by atoms with Crippen LogP contribution in [0.15, 0.2) is 35.5 Å². The summed E-state index contributed by atoms with van der Waals surface area (Å²) in [7, 11) is 0. The smallest absolute Gasteiger partial charge is 0.337 e. The van der Waals surface area contributed by atoms with Crippen LogP contribution < -0.4 is 5.32 Å². The number of benzene rings is 1. The van der Waals surface area contributed by atoms with Gasteiger partial charge >= 0.3 is 5.97 Å². The molecular weight excluding hydrogens is 302 g/mol. The maximum atomic E-state index is 12.7. The molecule has 1 N–H and O–H groups in total. The van der Waals surface area contributed by atoms with Crippen molar-refractivity contribution in [2.45, 2.75) is 45.6 Å². The van der Waals surface area contributed by atoms with Crippen LogP contribution in [0, 0.1) is 5.92 Å². The van der Waals surface area contributed by atoms with Crippen molar-refractivity contribution in [1.29, 1.82) is 0 Å². The molecule has 1 fully saturated rings. The number of aromatic nitrogens is 2. The van der Waals surface area contributed by atoms with Crippen molar-refractivity contribution in [3.8, 4) is 0 Å². The van der Waals surface area contributed by atoms with E-state index in [0.29, 0.717) is 12.5 Å². The quantitative estimate of drug-likeness (QED) is 0.866. The second-order valence-corrected chi connectivity index (χ2v) is 6.67. The molecule has 24 heavy (non-hydrogen) atoms. The molecule has 1 aromatic carbocycles. The first-order valence-corrected chi connectivity index (χ1v) is 8.82. The zero-order chi connectivity index (χ0) is 16.7. The number of rotatable bonds is 3. The molecule has 2 heterocycles. The molecule has 5 nitrogen and oxygen atoms in total. The Morgan fingerprint density at radius 2 is 2.08 bits per heavy atom. The lowest BCUT2D eigenvalue weighted by molar-refractivity contribution is -0.139. The van der Waals surface area contributed by atoms with E-state index in [4.69, 9.17) is 9.72 Å². The molecule has 1 aromatic heterocycles. The summed E-state index contributed by atoms with van der Waals surface area (Å²) in [6.45, 7) is 4.20. The molecule has 0 bridgehead atoms. The first-order valence-electron chi connectivity index (χ1n) is 8.82. The van der Waals surface area contributed by atoms with Crippen LogP contribution in [0.5, 0.6) is 0 Å². The lowest BCUT2D eigenvalue weighted by Gasteiger charge is -2.33. The van der Waals surface area contributed by atoms with Crippen LogP contribution in [-0.4, -0.2) is 22.1 Å². The number of fused-ring (bicyclic) bond motifs is 3. The fourth-order valence-corrected chi connectivity index (χ4v) is 4.20. The molecule has 5 heteroatoms. The standard InChI is InChI=1S/C19H23N3O2/c1-3-24-18(23)16-12(2)20-19-21-14-10-6-7-11-15(14)22(19)17(16)13-8-4-5-9-13/h6-7,10-11,13,17H,3-5,8-9H2,1-2H3,(H,20,21).